The van der Waals surface area contributed by atoms with Gasteiger partial charge in [-0.05, 0) is 80.8 Å². The number of carbonyl (C=O) groups is 1. The number of carbonyl (C=O) groups excluding carboxylic acids is 1. The van der Waals surface area contributed by atoms with Gasteiger partial charge in [0.2, 0.25) is 5.95 Å². The van der Waals surface area contributed by atoms with Crippen molar-refractivity contribution in [2.45, 2.75) is 51.6 Å². The van der Waals surface area contributed by atoms with Gasteiger partial charge in [-0.15, -0.1) is 0 Å². The van der Waals surface area contributed by atoms with Gasteiger partial charge in [-0.3, -0.25) is 9.78 Å². The molecule has 2 N–H and O–H groups in total. The van der Waals surface area contributed by atoms with Crippen LogP contribution in [0, 0.1) is 5.92 Å². The molecule has 0 spiro atoms. The molecular weight excluding hydrogens is 464 g/mol. The molecule has 1 saturated heterocycles. The Morgan fingerprint density at radius 1 is 0.973 bits per heavy atom. The third-order valence-corrected chi connectivity index (χ3v) is 7.43. The number of nitrogens with one attached hydrogen (secondary N) is 2. The number of anilines is 2. The fourth-order valence-corrected chi connectivity index (χ4v) is 5.22. The average Bonchev–Trinajstić information content (AvgIpc) is 3.59. The largest absolute Gasteiger partial charge is 0.490 e. The molecule has 0 unspecified atom stereocenters. The average molecular weight is 497 g/mol. The van der Waals surface area contributed by atoms with E-state index in [2.05, 4.69) is 32.2 Å². The molecule has 4 aromatic rings. The van der Waals surface area contributed by atoms with Gasteiger partial charge in [0, 0.05) is 48.1 Å². The number of nitrogens with zero attached hydrogens (tertiary/aromatic N) is 4. The summed E-state index contributed by atoms with van der Waals surface area (Å²) >= 11 is 0. The van der Waals surface area contributed by atoms with Gasteiger partial charge in [0.1, 0.15) is 11.4 Å². The van der Waals surface area contributed by atoms with Crippen LogP contribution in [-0.2, 0) is 0 Å². The van der Waals surface area contributed by atoms with Crippen LogP contribution in [0.3, 0.4) is 0 Å². The first-order valence-corrected chi connectivity index (χ1v) is 13.3. The van der Waals surface area contributed by atoms with Crippen LogP contribution < -0.4 is 10.1 Å². The van der Waals surface area contributed by atoms with Crippen molar-refractivity contribution < 1.29 is 9.53 Å². The smallest absolute Gasteiger partial charge is 0.270 e. The Morgan fingerprint density at radius 3 is 2.62 bits per heavy atom. The number of amides is 1. The first-order valence-electron chi connectivity index (χ1n) is 13.3. The summed E-state index contributed by atoms with van der Waals surface area (Å²) in [4.78, 5) is 31.8. The summed E-state index contributed by atoms with van der Waals surface area (Å²) in [6, 6.07) is 13.6. The zero-order valence-electron chi connectivity index (χ0n) is 21.1. The molecule has 6 rings (SSSR count). The van der Waals surface area contributed by atoms with Gasteiger partial charge >= 0.3 is 0 Å². The zero-order chi connectivity index (χ0) is 25.2. The van der Waals surface area contributed by atoms with Gasteiger partial charge in [0.15, 0.2) is 0 Å². The first kappa shape index (κ1) is 23.5. The molecule has 8 heteroatoms. The van der Waals surface area contributed by atoms with Crippen molar-refractivity contribution in [3.05, 3.63) is 60.6 Å². The summed E-state index contributed by atoms with van der Waals surface area (Å²) < 4.78 is 6.14. The molecule has 3 aromatic heterocycles. The number of H-pyrrole nitrogens is 1. The minimum Gasteiger partial charge on any atom is -0.490 e. The number of hydrogen-bond donors (Lipinski definition) is 2. The quantitative estimate of drug-likeness (QED) is 0.342. The summed E-state index contributed by atoms with van der Waals surface area (Å²) in [5.41, 5.74) is 3.88. The number of pyridine rings is 1. The van der Waals surface area contributed by atoms with Gasteiger partial charge in [-0.1, -0.05) is 6.92 Å². The van der Waals surface area contributed by atoms with Crippen molar-refractivity contribution in [3.63, 3.8) is 0 Å². The minimum absolute atomic E-state index is 0.0697. The van der Waals surface area contributed by atoms with E-state index in [0.717, 1.165) is 72.5 Å². The van der Waals surface area contributed by atoms with Crippen molar-refractivity contribution in [2.24, 2.45) is 5.92 Å². The van der Waals surface area contributed by atoms with E-state index < -0.39 is 0 Å². The van der Waals surface area contributed by atoms with Crippen LogP contribution in [0.1, 0.15) is 55.9 Å². The summed E-state index contributed by atoms with van der Waals surface area (Å²) in [7, 11) is 0. The highest BCUT2D eigenvalue weighted by molar-refractivity contribution is 5.98. The molecule has 0 radical (unpaired) electrons. The van der Waals surface area contributed by atoms with Crippen LogP contribution in [-0.4, -0.2) is 49.9 Å². The second-order valence-electron chi connectivity index (χ2n) is 10.3. The second-order valence-corrected chi connectivity index (χ2v) is 10.3. The van der Waals surface area contributed by atoms with Crippen molar-refractivity contribution in [2.75, 3.05) is 18.4 Å². The number of rotatable bonds is 6. The molecule has 1 aromatic carbocycles. The molecule has 0 atom stereocenters. The Kier molecular flexibility index (Phi) is 6.47. The molecule has 1 amide bonds. The molecule has 4 heterocycles. The van der Waals surface area contributed by atoms with Crippen LogP contribution in [0.2, 0.25) is 0 Å². The topological polar surface area (TPSA) is 96.0 Å². The molecule has 2 aliphatic rings. The first-order chi connectivity index (χ1) is 18.1. The number of aromatic amines is 1. The highest BCUT2D eigenvalue weighted by Gasteiger charge is 2.23. The van der Waals surface area contributed by atoms with Crippen LogP contribution >= 0.6 is 0 Å². The van der Waals surface area contributed by atoms with Gasteiger partial charge in [0.25, 0.3) is 5.91 Å². The van der Waals surface area contributed by atoms with Crippen molar-refractivity contribution in [3.8, 4) is 17.1 Å². The van der Waals surface area contributed by atoms with Crippen LogP contribution in [0.4, 0.5) is 11.6 Å². The van der Waals surface area contributed by atoms with E-state index in [1.165, 1.54) is 12.8 Å². The lowest BCUT2D eigenvalue weighted by Crippen LogP contribution is -2.38. The van der Waals surface area contributed by atoms with Gasteiger partial charge < -0.3 is 19.9 Å². The number of ether oxygens (including phenoxy) is 1. The molecule has 0 bridgehead atoms. The zero-order valence-corrected chi connectivity index (χ0v) is 21.1. The number of likely N-dealkylation sites (tertiary alicyclic amines) is 1. The van der Waals surface area contributed by atoms with E-state index in [-0.39, 0.29) is 5.91 Å². The molecule has 1 saturated carbocycles. The molecule has 1 aliphatic carbocycles. The van der Waals surface area contributed by atoms with Crippen molar-refractivity contribution in [1.29, 1.82) is 0 Å². The molecule has 8 nitrogen and oxygen atoms in total. The molecule has 190 valence electrons. The highest BCUT2D eigenvalue weighted by atomic mass is 16.5. The van der Waals surface area contributed by atoms with Crippen LogP contribution in [0.25, 0.3) is 22.3 Å². The summed E-state index contributed by atoms with van der Waals surface area (Å²) in [6.07, 6.45) is 10.6. The van der Waals surface area contributed by atoms with Gasteiger partial charge in [-0.2, -0.15) is 0 Å². The number of fused-ring (bicyclic) bond motifs is 1. The highest BCUT2D eigenvalue weighted by Crippen LogP contribution is 2.28. The van der Waals surface area contributed by atoms with Crippen LogP contribution in [0.5, 0.6) is 5.75 Å². The minimum atomic E-state index is 0.0697. The molecule has 37 heavy (non-hydrogen) atoms. The number of piperidine rings is 1. The van der Waals surface area contributed by atoms with E-state index in [4.69, 9.17) is 4.74 Å². The molecule has 1 aliphatic heterocycles. The number of hydrogen-bond acceptors (Lipinski definition) is 6. The van der Waals surface area contributed by atoms with E-state index in [1.54, 1.807) is 12.4 Å². The fourth-order valence-electron chi connectivity index (χ4n) is 5.22. The maximum atomic E-state index is 13.0. The SMILES string of the molecule is CC1CCN(C(=O)c2cc3cc(Nc4nccc(-c5cc(OC6CCCC6)ccn5)n4)ccc3[nH]2)CC1. The standard InChI is InChI=1S/C29H32N6O2/c1-19-10-14-35(15-11-19)28(36)27-17-20-16-21(6-7-24(20)33-27)32-29-31-13-9-25(34-29)26-18-23(8-12-30-26)37-22-4-2-3-5-22/h6-9,12-13,16-19,22,33H,2-5,10-11,14-15H2,1H3,(H,31,32,34). The Balaban J connectivity index is 1.17. The Morgan fingerprint density at radius 2 is 1.78 bits per heavy atom. The molecular formula is C29H32N6O2. The number of aromatic nitrogens is 4. The number of benzene rings is 1. The summed E-state index contributed by atoms with van der Waals surface area (Å²) in [5, 5.41) is 4.26. The van der Waals surface area contributed by atoms with E-state index in [9.17, 15) is 4.79 Å². The van der Waals surface area contributed by atoms with E-state index in [1.807, 2.05) is 47.4 Å². The summed E-state index contributed by atoms with van der Waals surface area (Å²) in [6.45, 7) is 3.89. The summed E-state index contributed by atoms with van der Waals surface area (Å²) in [5.74, 6) is 2.06. The Bertz CT molecular complexity index is 1400. The Hall–Kier alpha value is -3.94. The van der Waals surface area contributed by atoms with Gasteiger partial charge in [0.05, 0.1) is 17.5 Å². The molecule has 2 fully saturated rings. The maximum absolute atomic E-state index is 13.0. The fraction of sp³-hybridized carbons (Fsp3) is 0.379. The predicted molar refractivity (Wildman–Crippen MR) is 144 cm³/mol. The monoisotopic (exact) mass is 496 g/mol. The predicted octanol–water partition coefficient (Wildman–Crippen LogP) is 5.96. The third kappa shape index (κ3) is 5.28. The van der Waals surface area contributed by atoms with Crippen molar-refractivity contribution >= 4 is 28.4 Å². The van der Waals surface area contributed by atoms with E-state index >= 15 is 0 Å². The third-order valence-electron chi connectivity index (χ3n) is 7.43. The van der Waals surface area contributed by atoms with Crippen molar-refractivity contribution in [1.82, 2.24) is 24.8 Å². The van der Waals surface area contributed by atoms with Crippen LogP contribution in [0.15, 0.2) is 54.9 Å². The second kappa shape index (κ2) is 10.2. The lowest BCUT2D eigenvalue weighted by atomic mass is 9.99. The lowest BCUT2D eigenvalue weighted by Gasteiger charge is -2.29. The van der Waals surface area contributed by atoms with E-state index in [0.29, 0.717) is 23.7 Å². The maximum Gasteiger partial charge on any atom is 0.270 e. The van der Waals surface area contributed by atoms with Gasteiger partial charge in [-0.25, -0.2) is 9.97 Å². The Labute approximate surface area is 216 Å². The normalized spacial score (nSPS) is 16.8. The lowest BCUT2D eigenvalue weighted by molar-refractivity contribution is 0.0692.